The van der Waals surface area contributed by atoms with E-state index < -0.39 is 0 Å². The normalized spacial score (nSPS) is 12.4. The van der Waals surface area contributed by atoms with E-state index in [1.165, 1.54) is 15.2 Å². The molecule has 19 heavy (non-hydrogen) atoms. The minimum absolute atomic E-state index is 0.164. The molecule has 0 aliphatic heterocycles. The Kier molecular flexibility index (Phi) is 5.34. The van der Waals surface area contributed by atoms with Crippen LogP contribution in [0.5, 0.6) is 0 Å². The van der Waals surface area contributed by atoms with E-state index in [4.69, 9.17) is 0 Å². The van der Waals surface area contributed by atoms with Gasteiger partial charge in [-0.25, -0.2) is 4.39 Å². The molecule has 0 bridgehead atoms. The van der Waals surface area contributed by atoms with Crippen LogP contribution in [0.2, 0.25) is 0 Å². The molecular weight excluding hydrogens is 352 g/mol. The molecule has 1 N–H and O–H groups in total. The monoisotopic (exact) mass is 369 g/mol. The number of benzene rings is 2. The third kappa shape index (κ3) is 4.58. The molecule has 1 atom stereocenters. The van der Waals surface area contributed by atoms with Gasteiger partial charge in [0.15, 0.2) is 0 Å². The van der Waals surface area contributed by atoms with Crippen LogP contribution in [-0.2, 0) is 6.42 Å². The molecule has 1 nitrogen and oxygen atoms in total. The Morgan fingerprint density at radius 2 is 1.89 bits per heavy atom. The van der Waals surface area contributed by atoms with Crippen molar-refractivity contribution in [3.63, 3.8) is 0 Å². The summed E-state index contributed by atoms with van der Waals surface area (Å²) < 4.78 is 14.3. The van der Waals surface area contributed by atoms with E-state index in [1.807, 2.05) is 6.07 Å². The van der Waals surface area contributed by atoms with Gasteiger partial charge in [-0.2, -0.15) is 0 Å². The van der Waals surface area contributed by atoms with Crippen molar-refractivity contribution in [2.24, 2.45) is 0 Å². The van der Waals surface area contributed by atoms with Gasteiger partial charge in [0, 0.05) is 9.61 Å². The molecule has 100 valence electrons. The van der Waals surface area contributed by atoms with Gasteiger partial charge in [-0.15, -0.1) is 0 Å². The first-order valence-electron chi connectivity index (χ1n) is 6.38. The van der Waals surface area contributed by atoms with Gasteiger partial charge in [-0.3, -0.25) is 0 Å². The number of nitrogens with one attached hydrogen (secondary N) is 1. The van der Waals surface area contributed by atoms with E-state index in [0.29, 0.717) is 6.04 Å². The van der Waals surface area contributed by atoms with Gasteiger partial charge in [0.25, 0.3) is 0 Å². The van der Waals surface area contributed by atoms with Gasteiger partial charge in [-0.1, -0.05) is 24.3 Å². The molecule has 1 unspecified atom stereocenters. The number of rotatable bonds is 5. The fourth-order valence-electron chi connectivity index (χ4n) is 1.99. The van der Waals surface area contributed by atoms with Crippen LogP contribution >= 0.6 is 22.6 Å². The average Bonchev–Trinajstić information content (AvgIpc) is 2.39. The summed E-state index contributed by atoms with van der Waals surface area (Å²) in [6.45, 7) is 2.99. The van der Waals surface area contributed by atoms with Gasteiger partial charge in [-0.05, 0) is 77.9 Å². The molecular formula is C16H17FIN. The van der Waals surface area contributed by atoms with Gasteiger partial charge >= 0.3 is 0 Å². The highest BCUT2D eigenvalue weighted by atomic mass is 127. The Morgan fingerprint density at radius 1 is 1.16 bits per heavy atom. The minimum Gasteiger partial charge on any atom is -0.310 e. The molecule has 3 heteroatoms. The lowest BCUT2D eigenvalue weighted by atomic mass is 10.1. The zero-order valence-electron chi connectivity index (χ0n) is 10.9. The fourth-order valence-corrected chi connectivity index (χ4v) is 2.35. The van der Waals surface area contributed by atoms with E-state index in [9.17, 15) is 4.39 Å². The first kappa shape index (κ1) is 14.5. The summed E-state index contributed by atoms with van der Waals surface area (Å²) in [5.74, 6) is -0.164. The van der Waals surface area contributed by atoms with Crippen LogP contribution in [0.3, 0.4) is 0 Å². The predicted molar refractivity (Wildman–Crippen MR) is 85.7 cm³/mol. The van der Waals surface area contributed by atoms with E-state index in [-0.39, 0.29) is 5.82 Å². The fraction of sp³-hybridized carbons (Fsp3) is 0.250. The lowest BCUT2D eigenvalue weighted by Crippen LogP contribution is -2.21. The number of halogens is 2. The molecule has 0 saturated heterocycles. The Labute approximate surface area is 127 Å². The zero-order valence-corrected chi connectivity index (χ0v) is 13.0. The van der Waals surface area contributed by atoms with Crippen LogP contribution in [0.15, 0.2) is 48.5 Å². The van der Waals surface area contributed by atoms with Crippen molar-refractivity contribution in [1.82, 2.24) is 5.32 Å². The molecule has 0 amide bonds. The molecule has 0 radical (unpaired) electrons. The maximum absolute atomic E-state index is 13.0. The second-order valence-corrected chi connectivity index (χ2v) is 5.85. The summed E-state index contributed by atoms with van der Waals surface area (Å²) in [7, 11) is 0. The minimum atomic E-state index is -0.164. The smallest absolute Gasteiger partial charge is 0.123 e. The first-order chi connectivity index (χ1) is 9.15. The zero-order chi connectivity index (χ0) is 13.7. The second kappa shape index (κ2) is 7.01. The van der Waals surface area contributed by atoms with Crippen molar-refractivity contribution >= 4 is 22.6 Å². The highest BCUT2D eigenvalue weighted by Gasteiger charge is 2.04. The number of hydrogen-bond donors (Lipinski definition) is 1. The Hall–Kier alpha value is -0.940. The van der Waals surface area contributed by atoms with E-state index in [0.717, 1.165) is 18.5 Å². The van der Waals surface area contributed by atoms with Crippen LogP contribution in [0.1, 0.15) is 24.1 Å². The van der Waals surface area contributed by atoms with E-state index in [1.54, 1.807) is 12.1 Å². The van der Waals surface area contributed by atoms with Crippen molar-refractivity contribution < 1.29 is 4.39 Å². The quantitative estimate of drug-likeness (QED) is 0.774. The highest BCUT2D eigenvalue weighted by Crippen LogP contribution is 2.14. The first-order valence-corrected chi connectivity index (χ1v) is 7.46. The number of hydrogen-bond acceptors (Lipinski definition) is 1. The van der Waals surface area contributed by atoms with E-state index >= 15 is 0 Å². The summed E-state index contributed by atoms with van der Waals surface area (Å²) in [5, 5.41) is 3.46. The van der Waals surface area contributed by atoms with Gasteiger partial charge in [0.05, 0.1) is 0 Å². The molecule has 2 aromatic rings. The van der Waals surface area contributed by atoms with E-state index in [2.05, 4.69) is 59.1 Å². The molecule has 0 aliphatic carbocycles. The van der Waals surface area contributed by atoms with Crippen LogP contribution in [0, 0.1) is 9.39 Å². The standard InChI is InChI=1S/C16H17FIN/c1-12(14-5-7-16(18)8-6-14)19-10-9-13-3-2-4-15(17)11-13/h2-8,11-12,19H,9-10H2,1H3. The van der Waals surface area contributed by atoms with Crippen LogP contribution < -0.4 is 5.32 Å². The largest absolute Gasteiger partial charge is 0.310 e. The molecule has 0 saturated carbocycles. The molecule has 0 fully saturated rings. The molecule has 2 aromatic carbocycles. The van der Waals surface area contributed by atoms with Crippen molar-refractivity contribution in [3.05, 3.63) is 69.0 Å². The summed E-state index contributed by atoms with van der Waals surface area (Å²) in [6.07, 6.45) is 0.840. The molecule has 0 aliphatic rings. The predicted octanol–water partition coefficient (Wildman–Crippen LogP) is 4.32. The average molecular weight is 369 g/mol. The third-order valence-electron chi connectivity index (χ3n) is 3.12. The van der Waals surface area contributed by atoms with Crippen molar-refractivity contribution in [1.29, 1.82) is 0 Å². The van der Waals surface area contributed by atoms with Crippen molar-refractivity contribution in [3.8, 4) is 0 Å². The summed E-state index contributed by atoms with van der Waals surface area (Å²) >= 11 is 2.30. The Balaban J connectivity index is 1.84. The second-order valence-electron chi connectivity index (χ2n) is 4.61. The third-order valence-corrected chi connectivity index (χ3v) is 3.84. The maximum atomic E-state index is 13.0. The molecule has 2 rings (SSSR count). The topological polar surface area (TPSA) is 12.0 Å². The SMILES string of the molecule is CC(NCCc1cccc(F)c1)c1ccc(I)cc1. The lowest BCUT2D eigenvalue weighted by Gasteiger charge is -2.14. The van der Waals surface area contributed by atoms with Gasteiger partial charge in [0.2, 0.25) is 0 Å². The molecule has 0 aromatic heterocycles. The van der Waals surface area contributed by atoms with Crippen LogP contribution in [0.4, 0.5) is 4.39 Å². The van der Waals surface area contributed by atoms with Gasteiger partial charge in [0.1, 0.15) is 5.82 Å². The highest BCUT2D eigenvalue weighted by molar-refractivity contribution is 14.1. The Bertz CT molecular complexity index is 525. The lowest BCUT2D eigenvalue weighted by molar-refractivity contribution is 0.574. The summed E-state index contributed by atoms with van der Waals surface area (Å²) in [6, 6.07) is 15.6. The molecule has 0 spiro atoms. The van der Waals surface area contributed by atoms with Crippen molar-refractivity contribution in [2.45, 2.75) is 19.4 Å². The summed E-state index contributed by atoms with van der Waals surface area (Å²) in [5.41, 5.74) is 2.31. The summed E-state index contributed by atoms with van der Waals surface area (Å²) in [4.78, 5) is 0. The Morgan fingerprint density at radius 3 is 2.58 bits per heavy atom. The van der Waals surface area contributed by atoms with Crippen LogP contribution in [-0.4, -0.2) is 6.54 Å². The van der Waals surface area contributed by atoms with Crippen molar-refractivity contribution in [2.75, 3.05) is 6.54 Å². The molecule has 0 heterocycles. The maximum Gasteiger partial charge on any atom is 0.123 e. The van der Waals surface area contributed by atoms with Crippen LogP contribution in [0.25, 0.3) is 0 Å². The van der Waals surface area contributed by atoms with Gasteiger partial charge < -0.3 is 5.32 Å².